The summed E-state index contributed by atoms with van der Waals surface area (Å²) < 4.78 is 0. The van der Waals surface area contributed by atoms with Gasteiger partial charge < -0.3 is 0 Å². The number of Topliss-reactive ketones (excluding diaryl/α,β-unsaturated/α-hetero) is 2. The minimum atomic E-state index is -0.412. The normalized spacial score (nSPS) is 22.7. The third-order valence-electron chi connectivity index (χ3n) is 5.51. The van der Waals surface area contributed by atoms with Crippen molar-refractivity contribution < 1.29 is 9.59 Å². The van der Waals surface area contributed by atoms with Crippen LogP contribution < -0.4 is 0 Å². The number of benzene rings is 2. The number of rotatable bonds is 2. The van der Waals surface area contributed by atoms with E-state index in [4.69, 9.17) is 0 Å². The zero-order valence-electron chi connectivity index (χ0n) is 14.3. The van der Waals surface area contributed by atoms with Crippen LogP contribution in [0.2, 0.25) is 0 Å². The molecule has 2 atom stereocenters. The van der Waals surface area contributed by atoms with E-state index in [0.717, 1.165) is 28.7 Å². The van der Waals surface area contributed by atoms with Gasteiger partial charge >= 0.3 is 0 Å². The third kappa shape index (κ3) is 2.32. The second kappa shape index (κ2) is 5.96. The second-order valence-electron chi connectivity index (χ2n) is 6.76. The molecule has 0 radical (unpaired) electrons. The molecule has 0 aliphatic heterocycles. The Labute approximate surface area is 147 Å². The highest BCUT2D eigenvalue weighted by atomic mass is 16.1. The van der Waals surface area contributed by atoms with Gasteiger partial charge in [0.2, 0.25) is 0 Å². The Bertz CT molecular complexity index is 918. The predicted octanol–water partition coefficient (Wildman–Crippen LogP) is 5.12. The molecule has 2 heteroatoms. The first-order valence-electron chi connectivity index (χ1n) is 8.77. The lowest BCUT2D eigenvalue weighted by molar-refractivity contribution is 0.0762. The minimum Gasteiger partial charge on any atom is -0.294 e. The zero-order chi connectivity index (χ0) is 17.6. The number of fused-ring (bicyclic) bond motifs is 2. The lowest BCUT2D eigenvalue weighted by Gasteiger charge is -2.38. The van der Waals surface area contributed by atoms with Crippen molar-refractivity contribution in [3.05, 3.63) is 89.0 Å². The first-order chi connectivity index (χ1) is 12.1. The number of hydrogen-bond acceptors (Lipinski definition) is 2. The van der Waals surface area contributed by atoms with Crippen LogP contribution in [0, 0.1) is 11.8 Å². The van der Waals surface area contributed by atoms with Gasteiger partial charge in [-0.3, -0.25) is 9.59 Å². The van der Waals surface area contributed by atoms with Gasteiger partial charge in [0.1, 0.15) is 0 Å². The molecule has 0 saturated carbocycles. The molecule has 2 unspecified atom stereocenters. The Morgan fingerprint density at radius 1 is 0.920 bits per heavy atom. The van der Waals surface area contributed by atoms with Crippen molar-refractivity contribution >= 4 is 17.1 Å². The minimum absolute atomic E-state index is 0.0447. The molecule has 0 saturated heterocycles. The lowest BCUT2D eigenvalue weighted by atomic mass is 9.63. The first-order valence-corrected chi connectivity index (χ1v) is 8.77. The molecule has 2 aromatic carbocycles. The van der Waals surface area contributed by atoms with E-state index in [1.165, 1.54) is 0 Å². The van der Waals surface area contributed by atoms with Crippen molar-refractivity contribution in [2.45, 2.75) is 19.8 Å². The second-order valence-corrected chi connectivity index (χ2v) is 6.76. The fourth-order valence-corrected chi connectivity index (χ4v) is 4.32. The van der Waals surface area contributed by atoms with Gasteiger partial charge in [0.05, 0.1) is 5.92 Å². The third-order valence-corrected chi connectivity index (χ3v) is 5.51. The van der Waals surface area contributed by atoms with E-state index < -0.39 is 5.92 Å². The Morgan fingerprint density at radius 3 is 2.16 bits per heavy atom. The van der Waals surface area contributed by atoms with E-state index in [-0.39, 0.29) is 17.5 Å². The number of allylic oxidation sites excluding steroid dienone is 3. The Kier molecular flexibility index (Phi) is 3.76. The standard InChI is InChI=1S/C23H20O2/c1-3-16-14(2)21-20(13-19(16)15-9-5-4-6-10-15)22(24)17-11-7-8-12-18(17)23(21)25/h4-12,20-21H,2-3,13H2,1H3. The van der Waals surface area contributed by atoms with Crippen LogP contribution in [0.25, 0.3) is 5.57 Å². The van der Waals surface area contributed by atoms with Crippen LogP contribution >= 0.6 is 0 Å². The van der Waals surface area contributed by atoms with E-state index in [9.17, 15) is 9.59 Å². The maximum absolute atomic E-state index is 13.1. The van der Waals surface area contributed by atoms with Crippen molar-refractivity contribution in [1.29, 1.82) is 0 Å². The number of hydrogen-bond donors (Lipinski definition) is 0. The van der Waals surface area contributed by atoms with Crippen molar-refractivity contribution in [1.82, 2.24) is 0 Å². The molecular formula is C23H20O2. The fourth-order valence-electron chi connectivity index (χ4n) is 4.32. The SMILES string of the molecule is C=C1C(CC)=C(c2ccccc2)CC2C(=O)c3ccccc3C(=O)C12. The van der Waals surface area contributed by atoms with Gasteiger partial charge in [-0.05, 0) is 35.1 Å². The van der Waals surface area contributed by atoms with Gasteiger partial charge in [-0.15, -0.1) is 0 Å². The van der Waals surface area contributed by atoms with Crippen LogP contribution in [0.15, 0.2) is 72.3 Å². The molecule has 25 heavy (non-hydrogen) atoms. The van der Waals surface area contributed by atoms with Crippen LogP contribution in [0.3, 0.4) is 0 Å². The molecule has 0 fully saturated rings. The Morgan fingerprint density at radius 2 is 1.52 bits per heavy atom. The number of carbonyl (C=O) groups is 2. The van der Waals surface area contributed by atoms with Crippen LogP contribution in [0.1, 0.15) is 46.0 Å². The van der Waals surface area contributed by atoms with E-state index >= 15 is 0 Å². The summed E-state index contributed by atoms with van der Waals surface area (Å²) in [5, 5.41) is 0. The Balaban J connectivity index is 1.87. The van der Waals surface area contributed by atoms with Gasteiger partial charge in [-0.25, -0.2) is 0 Å². The molecule has 0 bridgehead atoms. The molecule has 2 aliphatic rings. The van der Waals surface area contributed by atoms with E-state index in [0.29, 0.717) is 17.5 Å². The lowest BCUT2D eigenvalue weighted by Crippen LogP contribution is -2.40. The molecule has 2 aliphatic carbocycles. The molecule has 0 N–H and O–H groups in total. The van der Waals surface area contributed by atoms with E-state index in [1.807, 2.05) is 30.3 Å². The quantitative estimate of drug-likeness (QED) is 0.766. The summed E-state index contributed by atoms with van der Waals surface area (Å²) in [5.74, 6) is -0.626. The number of ketones is 2. The van der Waals surface area contributed by atoms with Crippen LogP contribution in [0.4, 0.5) is 0 Å². The molecule has 0 amide bonds. The van der Waals surface area contributed by atoms with Gasteiger partial charge in [-0.1, -0.05) is 68.1 Å². The summed E-state index contributed by atoms with van der Waals surface area (Å²) in [5.41, 5.74) is 5.36. The van der Waals surface area contributed by atoms with Crippen LogP contribution in [-0.4, -0.2) is 11.6 Å². The monoisotopic (exact) mass is 328 g/mol. The van der Waals surface area contributed by atoms with Crippen molar-refractivity contribution in [3.8, 4) is 0 Å². The maximum Gasteiger partial charge on any atom is 0.171 e. The van der Waals surface area contributed by atoms with E-state index in [1.54, 1.807) is 12.1 Å². The van der Waals surface area contributed by atoms with Crippen molar-refractivity contribution in [3.63, 3.8) is 0 Å². The summed E-state index contributed by atoms with van der Waals surface area (Å²) in [6, 6.07) is 17.3. The predicted molar refractivity (Wildman–Crippen MR) is 99.5 cm³/mol. The Hall–Kier alpha value is -2.74. The molecule has 2 nitrogen and oxygen atoms in total. The highest BCUT2D eigenvalue weighted by Crippen LogP contribution is 2.47. The van der Waals surface area contributed by atoms with Gasteiger partial charge in [0, 0.05) is 17.0 Å². The van der Waals surface area contributed by atoms with Crippen molar-refractivity contribution in [2.24, 2.45) is 11.8 Å². The zero-order valence-corrected chi connectivity index (χ0v) is 14.3. The molecule has 0 spiro atoms. The molecule has 4 rings (SSSR count). The summed E-state index contributed by atoms with van der Waals surface area (Å²) in [4.78, 5) is 26.2. The van der Waals surface area contributed by atoms with Gasteiger partial charge in [0.25, 0.3) is 0 Å². The number of carbonyl (C=O) groups excluding carboxylic acids is 2. The summed E-state index contributed by atoms with van der Waals surface area (Å²) in [6.07, 6.45) is 1.42. The molecule has 0 heterocycles. The average Bonchev–Trinajstić information content (AvgIpc) is 2.66. The maximum atomic E-state index is 13.1. The molecule has 2 aromatic rings. The first kappa shape index (κ1) is 15.8. The van der Waals surface area contributed by atoms with E-state index in [2.05, 4.69) is 25.6 Å². The summed E-state index contributed by atoms with van der Waals surface area (Å²) in [7, 11) is 0. The van der Waals surface area contributed by atoms with Gasteiger partial charge in [-0.2, -0.15) is 0 Å². The molecular weight excluding hydrogens is 308 g/mol. The van der Waals surface area contributed by atoms with Crippen LogP contribution in [0.5, 0.6) is 0 Å². The molecule has 124 valence electrons. The van der Waals surface area contributed by atoms with Crippen LogP contribution in [-0.2, 0) is 0 Å². The summed E-state index contributed by atoms with van der Waals surface area (Å²) >= 11 is 0. The highest BCUT2D eigenvalue weighted by Gasteiger charge is 2.46. The largest absolute Gasteiger partial charge is 0.294 e. The van der Waals surface area contributed by atoms with Crippen molar-refractivity contribution in [2.75, 3.05) is 0 Å². The topological polar surface area (TPSA) is 34.1 Å². The average molecular weight is 328 g/mol. The molecule has 0 aromatic heterocycles. The van der Waals surface area contributed by atoms with Gasteiger partial charge in [0.15, 0.2) is 11.6 Å². The smallest absolute Gasteiger partial charge is 0.171 e. The highest BCUT2D eigenvalue weighted by molar-refractivity contribution is 6.18. The fraction of sp³-hybridized carbons (Fsp3) is 0.217. The summed E-state index contributed by atoms with van der Waals surface area (Å²) in [6.45, 7) is 6.34.